The van der Waals surface area contributed by atoms with Gasteiger partial charge in [-0.3, -0.25) is 9.69 Å². The van der Waals surface area contributed by atoms with Gasteiger partial charge < -0.3 is 15.8 Å². The van der Waals surface area contributed by atoms with Crippen molar-refractivity contribution in [2.24, 2.45) is 10.9 Å². The maximum Gasteiger partial charge on any atom is 0.258 e. The largest absolute Gasteiger partial charge is 0.409 e. The van der Waals surface area contributed by atoms with Gasteiger partial charge in [-0.2, -0.15) is 0 Å². The van der Waals surface area contributed by atoms with Crippen LogP contribution in [0.1, 0.15) is 10.4 Å². The molecule has 0 aliphatic carbocycles. The number of hydrogen-bond acceptors (Lipinski definition) is 4. The van der Waals surface area contributed by atoms with Crippen molar-refractivity contribution in [3.8, 4) is 0 Å². The Balaban J connectivity index is 2.01. The number of amidine groups is 1. The molecule has 1 aromatic rings. The number of amides is 1. The molecule has 1 fully saturated rings. The first-order chi connectivity index (χ1) is 10.0. The van der Waals surface area contributed by atoms with Gasteiger partial charge >= 0.3 is 0 Å². The van der Waals surface area contributed by atoms with E-state index in [4.69, 9.17) is 10.9 Å². The average Bonchev–Trinajstić information content (AvgIpc) is 2.47. The lowest BCUT2D eigenvalue weighted by molar-refractivity contribution is 0.0647. The van der Waals surface area contributed by atoms with E-state index in [1.807, 2.05) is 4.90 Å². The van der Waals surface area contributed by atoms with Crippen LogP contribution in [0.4, 0.5) is 4.39 Å². The molecule has 0 unspecified atom stereocenters. The van der Waals surface area contributed by atoms with Crippen LogP contribution < -0.4 is 5.73 Å². The molecule has 1 saturated heterocycles. The lowest BCUT2D eigenvalue weighted by atomic mass is 10.1. The van der Waals surface area contributed by atoms with Gasteiger partial charge in [0, 0.05) is 30.7 Å². The van der Waals surface area contributed by atoms with E-state index in [1.165, 1.54) is 6.07 Å². The highest BCUT2D eigenvalue weighted by Gasteiger charge is 2.25. The second-order valence-electron chi connectivity index (χ2n) is 4.76. The van der Waals surface area contributed by atoms with Gasteiger partial charge in [0.1, 0.15) is 5.82 Å². The third-order valence-electron chi connectivity index (χ3n) is 3.35. The zero-order valence-corrected chi connectivity index (χ0v) is 12.9. The lowest BCUT2D eigenvalue weighted by Gasteiger charge is -2.34. The normalized spacial score (nSPS) is 17.0. The number of carbonyl (C=O) groups is 1. The van der Waals surface area contributed by atoms with Gasteiger partial charge in [0.2, 0.25) is 0 Å². The molecule has 0 bridgehead atoms. The number of benzene rings is 1. The Labute approximate surface area is 130 Å². The smallest absolute Gasteiger partial charge is 0.258 e. The van der Waals surface area contributed by atoms with Crippen LogP contribution in [0.3, 0.4) is 0 Å². The Hall–Kier alpha value is -1.67. The van der Waals surface area contributed by atoms with Gasteiger partial charge in [-0.25, -0.2) is 4.39 Å². The SMILES string of the molecule is N/C(CN1CCN(C(=O)c2c(F)cccc2Br)CC1)=N/O. The van der Waals surface area contributed by atoms with Crippen LogP contribution in [0, 0.1) is 5.82 Å². The number of hydrogen-bond donors (Lipinski definition) is 2. The number of halogens is 2. The van der Waals surface area contributed by atoms with E-state index in [0.29, 0.717) is 37.2 Å². The molecule has 1 aromatic carbocycles. The molecule has 0 aromatic heterocycles. The van der Waals surface area contributed by atoms with E-state index in [9.17, 15) is 9.18 Å². The number of rotatable bonds is 3. The molecule has 1 heterocycles. The molecule has 0 radical (unpaired) electrons. The second kappa shape index (κ2) is 6.86. The number of nitrogens with zero attached hydrogens (tertiary/aromatic N) is 3. The molecular weight excluding hydrogens is 343 g/mol. The zero-order valence-electron chi connectivity index (χ0n) is 11.3. The minimum atomic E-state index is -0.534. The van der Waals surface area contributed by atoms with E-state index in [1.54, 1.807) is 17.0 Å². The van der Waals surface area contributed by atoms with Gasteiger partial charge in [-0.1, -0.05) is 11.2 Å². The summed E-state index contributed by atoms with van der Waals surface area (Å²) in [5, 5.41) is 11.5. The Morgan fingerprint density at radius 1 is 1.38 bits per heavy atom. The molecule has 21 heavy (non-hydrogen) atoms. The van der Waals surface area contributed by atoms with E-state index >= 15 is 0 Å². The Bertz CT molecular complexity index is 539. The van der Waals surface area contributed by atoms with E-state index in [0.717, 1.165) is 0 Å². The van der Waals surface area contributed by atoms with Crippen molar-refractivity contribution in [3.63, 3.8) is 0 Å². The standard InChI is InChI=1S/C13H16BrFN4O2/c14-9-2-1-3-10(15)12(9)13(20)19-6-4-18(5-7-19)8-11(16)17-21/h1-3,21H,4-8H2,(H2,16,17). The third-order valence-corrected chi connectivity index (χ3v) is 4.01. The summed E-state index contributed by atoms with van der Waals surface area (Å²) in [6.07, 6.45) is 0. The third kappa shape index (κ3) is 3.70. The van der Waals surface area contributed by atoms with Crippen LogP contribution >= 0.6 is 15.9 Å². The van der Waals surface area contributed by atoms with Crippen LogP contribution in [-0.2, 0) is 0 Å². The molecular formula is C13H16BrFN4O2. The molecule has 6 nitrogen and oxygen atoms in total. The fourth-order valence-corrected chi connectivity index (χ4v) is 2.74. The molecule has 0 atom stereocenters. The van der Waals surface area contributed by atoms with Gasteiger partial charge in [-0.15, -0.1) is 0 Å². The molecule has 3 N–H and O–H groups in total. The maximum atomic E-state index is 13.8. The molecule has 1 amide bonds. The average molecular weight is 359 g/mol. The minimum Gasteiger partial charge on any atom is -0.409 e. The highest BCUT2D eigenvalue weighted by Crippen LogP contribution is 2.22. The Kier molecular flexibility index (Phi) is 5.13. The summed E-state index contributed by atoms with van der Waals surface area (Å²) >= 11 is 3.21. The molecule has 0 spiro atoms. The van der Waals surface area contributed by atoms with Crippen molar-refractivity contribution in [2.45, 2.75) is 0 Å². The predicted molar refractivity (Wildman–Crippen MR) is 79.9 cm³/mol. The molecule has 8 heteroatoms. The van der Waals surface area contributed by atoms with Crippen LogP contribution in [0.25, 0.3) is 0 Å². The molecule has 114 valence electrons. The summed E-state index contributed by atoms with van der Waals surface area (Å²) in [5.41, 5.74) is 5.51. The Morgan fingerprint density at radius 2 is 2.05 bits per heavy atom. The van der Waals surface area contributed by atoms with E-state index in [-0.39, 0.29) is 17.3 Å². The first kappa shape index (κ1) is 15.7. The van der Waals surface area contributed by atoms with Gasteiger partial charge in [0.25, 0.3) is 5.91 Å². The lowest BCUT2D eigenvalue weighted by Crippen LogP contribution is -2.50. The number of carbonyl (C=O) groups excluding carboxylic acids is 1. The highest BCUT2D eigenvalue weighted by atomic mass is 79.9. The van der Waals surface area contributed by atoms with Crippen LogP contribution in [0.15, 0.2) is 27.8 Å². The van der Waals surface area contributed by atoms with Crippen molar-refractivity contribution >= 4 is 27.7 Å². The molecule has 0 saturated carbocycles. The molecule has 1 aliphatic rings. The predicted octanol–water partition coefficient (Wildman–Crippen LogP) is 1.09. The first-order valence-electron chi connectivity index (χ1n) is 6.45. The minimum absolute atomic E-state index is 0.0578. The molecule has 2 rings (SSSR count). The fraction of sp³-hybridized carbons (Fsp3) is 0.385. The number of oxime groups is 1. The summed E-state index contributed by atoms with van der Waals surface area (Å²) in [6.45, 7) is 2.47. The van der Waals surface area contributed by atoms with Crippen LogP contribution in [-0.4, -0.2) is 59.5 Å². The van der Waals surface area contributed by atoms with E-state index < -0.39 is 5.82 Å². The van der Waals surface area contributed by atoms with Crippen molar-refractivity contribution in [1.82, 2.24) is 9.80 Å². The van der Waals surface area contributed by atoms with E-state index in [2.05, 4.69) is 21.1 Å². The second-order valence-corrected chi connectivity index (χ2v) is 5.61. The summed E-state index contributed by atoms with van der Waals surface area (Å²) in [4.78, 5) is 15.9. The highest BCUT2D eigenvalue weighted by molar-refractivity contribution is 9.10. The summed E-state index contributed by atoms with van der Waals surface area (Å²) in [7, 11) is 0. The molecule has 1 aliphatic heterocycles. The Morgan fingerprint density at radius 3 is 2.62 bits per heavy atom. The van der Waals surface area contributed by atoms with Crippen LogP contribution in [0.2, 0.25) is 0 Å². The van der Waals surface area contributed by atoms with Crippen molar-refractivity contribution < 1.29 is 14.4 Å². The number of piperazine rings is 1. The first-order valence-corrected chi connectivity index (χ1v) is 7.24. The fourth-order valence-electron chi connectivity index (χ4n) is 2.23. The number of nitrogens with two attached hydrogens (primary N) is 1. The van der Waals surface area contributed by atoms with Crippen LogP contribution in [0.5, 0.6) is 0 Å². The summed E-state index contributed by atoms with van der Waals surface area (Å²) < 4.78 is 14.3. The van der Waals surface area contributed by atoms with Gasteiger partial charge in [-0.05, 0) is 28.1 Å². The van der Waals surface area contributed by atoms with Gasteiger partial charge in [0.05, 0.1) is 12.1 Å². The summed E-state index contributed by atoms with van der Waals surface area (Å²) in [5.74, 6) is -0.733. The van der Waals surface area contributed by atoms with Gasteiger partial charge in [0.15, 0.2) is 5.84 Å². The maximum absolute atomic E-state index is 13.8. The summed E-state index contributed by atoms with van der Waals surface area (Å²) in [6, 6.07) is 4.46. The van der Waals surface area contributed by atoms with Crippen molar-refractivity contribution in [1.29, 1.82) is 0 Å². The van der Waals surface area contributed by atoms with Crippen molar-refractivity contribution in [2.75, 3.05) is 32.7 Å². The van der Waals surface area contributed by atoms with Crippen molar-refractivity contribution in [3.05, 3.63) is 34.1 Å². The topological polar surface area (TPSA) is 82.2 Å². The monoisotopic (exact) mass is 358 g/mol. The quantitative estimate of drug-likeness (QED) is 0.366. The zero-order chi connectivity index (χ0) is 15.4.